The van der Waals surface area contributed by atoms with Crippen LogP contribution in [0.2, 0.25) is 0 Å². The normalized spacial score (nSPS) is 12.0. The zero-order chi connectivity index (χ0) is 22.9. The molecule has 0 saturated carbocycles. The van der Waals surface area contributed by atoms with Crippen LogP contribution >= 0.6 is 0 Å². The SMILES string of the molecule is CCOC(=O)CCCNc1ccccc1Oc1ccc(C(N)C(=O)OC(C)(C)C)cc1. The largest absolute Gasteiger partial charge is 0.466 e. The molecule has 1 unspecified atom stereocenters. The van der Waals surface area contributed by atoms with Crippen molar-refractivity contribution in [2.75, 3.05) is 18.5 Å². The summed E-state index contributed by atoms with van der Waals surface area (Å²) in [6.07, 6.45) is 1.02. The Bertz CT molecular complexity index is 859. The van der Waals surface area contributed by atoms with E-state index < -0.39 is 17.6 Å². The maximum absolute atomic E-state index is 12.2. The zero-order valence-corrected chi connectivity index (χ0v) is 18.6. The van der Waals surface area contributed by atoms with Gasteiger partial charge in [0, 0.05) is 13.0 Å². The first kappa shape index (κ1) is 24.2. The lowest BCUT2D eigenvalue weighted by atomic mass is 10.1. The molecule has 0 aromatic heterocycles. The first-order valence-corrected chi connectivity index (χ1v) is 10.4. The summed E-state index contributed by atoms with van der Waals surface area (Å²) in [6.45, 7) is 8.21. The fourth-order valence-electron chi connectivity index (χ4n) is 2.76. The third-order valence-electron chi connectivity index (χ3n) is 4.19. The van der Waals surface area contributed by atoms with Crippen LogP contribution in [-0.2, 0) is 19.1 Å². The molecule has 2 aromatic carbocycles. The van der Waals surface area contributed by atoms with Crippen molar-refractivity contribution in [3.63, 3.8) is 0 Å². The molecule has 168 valence electrons. The molecule has 0 aliphatic heterocycles. The van der Waals surface area contributed by atoms with Crippen molar-refractivity contribution in [2.24, 2.45) is 5.73 Å². The summed E-state index contributed by atoms with van der Waals surface area (Å²) in [7, 11) is 0. The average molecular weight is 429 g/mol. The minimum Gasteiger partial charge on any atom is -0.466 e. The quantitative estimate of drug-likeness (QED) is 0.422. The Morgan fingerprint density at radius 3 is 2.39 bits per heavy atom. The van der Waals surface area contributed by atoms with Crippen molar-refractivity contribution in [3.05, 3.63) is 54.1 Å². The van der Waals surface area contributed by atoms with Gasteiger partial charge in [-0.25, -0.2) is 4.79 Å². The van der Waals surface area contributed by atoms with E-state index >= 15 is 0 Å². The minimum atomic E-state index is -0.860. The lowest BCUT2D eigenvalue weighted by Gasteiger charge is -2.22. The Balaban J connectivity index is 1.96. The van der Waals surface area contributed by atoms with Gasteiger partial charge in [0.1, 0.15) is 17.4 Å². The van der Waals surface area contributed by atoms with Gasteiger partial charge in [0.25, 0.3) is 0 Å². The number of hydrogen-bond acceptors (Lipinski definition) is 7. The van der Waals surface area contributed by atoms with E-state index in [0.717, 1.165) is 5.69 Å². The Morgan fingerprint density at radius 2 is 1.74 bits per heavy atom. The van der Waals surface area contributed by atoms with Crippen LogP contribution in [0.25, 0.3) is 0 Å². The molecule has 0 radical (unpaired) electrons. The summed E-state index contributed by atoms with van der Waals surface area (Å²) in [4.78, 5) is 23.6. The van der Waals surface area contributed by atoms with Gasteiger partial charge in [0.2, 0.25) is 0 Å². The molecule has 0 aliphatic rings. The number of hydrogen-bond donors (Lipinski definition) is 2. The summed E-state index contributed by atoms with van der Waals surface area (Å²) in [5, 5.41) is 3.28. The molecule has 0 aliphatic carbocycles. The summed E-state index contributed by atoms with van der Waals surface area (Å²) >= 11 is 0. The molecule has 7 heteroatoms. The average Bonchev–Trinajstić information content (AvgIpc) is 2.71. The van der Waals surface area contributed by atoms with Gasteiger partial charge in [0.05, 0.1) is 12.3 Å². The van der Waals surface area contributed by atoms with Crippen LogP contribution < -0.4 is 15.8 Å². The molecule has 31 heavy (non-hydrogen) atoms. The number of ether oxygens (including phenoxy) is 3. The van der Waals surface area contributed by atoms with Crippen LogP contribution in [0.3, 0.4) is 0 Å². The fraction of sp³-hybridized carbons (Fsp3) is 0.417. The van der Waals surface area contributed by atoms with Crippen molar-refractivity contribution in [2.45, 2.75) is 52.2 Å². The van der Waals surface area contributed by atoms with Crippen molar-refractivity contribution < 1.29 is 23.8 Å². The predicted octanol–water partition coefficient (Wildman–Crippen LogP) is 4.58. The van der Waals surface area contributed by atoms with Gasteiger partial charge in [0.15, 0.2) is 5.75 Å². The Hall–Kier alpha value is -3.06. The van der Waals surface area contributed by atoms with Gasteiger partial charge in [-0.05, 0) is 63.9 Å². The lowest BCUT2D eigenvalue weighted by molar-refractivity contribution is -0.156. The summed E-state index contributed by atoms with van der Waals surface area (Å²) in [5.74, 6) is 0.598. The molecular formula is C24H32N2O5. The second-order valence-electron chi connectivity index (χ2n) is 8.01. The highest BCUT2D eigenvalue weighted by atomic mass is 16.6. The van der Waals surface area contributed by atoms with Crippen LogP contribution in [0.4, 0.5) is 5.69 Å². The van der Waals surface area contributed by atoms with Crippen LogP contribution in [-0.4, -0.2) is 30.7 Å². The van der Waals surface area contributed by atoms with Gasteiger partial charge in [-0.2, -0.15) is 0 Å². The second-order valence-corrected chi connectivity index (χ2v) is 8.01. The van der Waals surface area contributed by atoms with Crippen LogP contribution in [0.15, 0.2) is 48.5 Å². The van der Waals surface area contributed by atoms with E-state index in [1.54, 1.807) is 52.0 Å². The fourth-order valence-corrected chi connectivity index (χ4v) is 2.76. The molecule has 2 aromatic rings. The Labute approximate surface area is 183 Å². The van der Waals surface area contributed by atoms with Gasteiger partial charge in [-0.15, -0.1) is 0 Å². The molecule has 0 bridgehead atoms. The molecule has 2 rings (SSSR count). The van der Waals surface area contributed by atoms with Crippen molar-refractivity contribution >= 4 is 17.6 Å². The highest BCUT2D eigenvalue weighted by Crippen LogP contribution is 2.30. The maximum Gasteiger partial charge on any atom is 0.328 e. The molecule has 0 fully saturated rings. The molecule has 0 saturated heterocycles. The second kappa shape index (κ2) is 11.4. The number of nitrogens with one attached hydrogen (secondary N) is 1. The number of para-hydroxylation sites is 2. The number of carbonyl (C=O) groups excluding carboxylic acids is 2. The van der Waals surface area contributed by atoms with E-state index in [9.17, 15) is 9.59 Å². The van der Waals surface area contributed by atoms with E-state index in [4.69, 9.17) is 19.9 Å². The van der Waals surface area contributed by atoms with Crippen molar-refractivity contribution in [1.82, 2.24) is 0 Å². The van der Waals surface area contributed by atoms with Gasteiger partial charge >= 0.3 is 11.9 Å². The number of rotatable bonds is 10. The highest BCUT2D eigenvalue weighted by molar-refractivity contribution is 5.77. The van der Waals surface area contributed by atoms with Crippen molar-refractivity contribution in [3.8, 4) is 11.5 Å². The first-order chi connectivity index (χ1) is 14.7. The van der Waals surface area contributed by atoms with Crippen LogP contribution in [0.5, 0.6) is 11.5 Å². The van der Waals surface area contributed by atoms with E-state index in [2.05, 4.69) is 5.32 Å². The molecule has 0 spiro atoms. The standard InChI is InChI=1S/C24H32N2O5/c1-5-29-21(27)11-8-16-26-19-9-6-7-10-20(19)30-18-14-12-17(13-15-18)22(25)23(28)31-24(2,3)4/h6-7,9-10,12-15,22,26H,5,8,11,16,25H2,1-4H3. The Kier molecular flexibility index (Phi) is 8.88. The van der Waals surface area contributed by atoms with E-state index in [1.807, 2.05) is 24.3 Å². The van der Waals surface area contributed by atoms with Gasteiger partial charge < -0.3 is 25.3 Å². The molecule has 0 amide bonds. The molecule has 7 nitrogen and oxygen atoms in total. The number of nitrogens with two attached hydrogens (primary N) is 1. The van der Waals surface area contributed by atoms with Crippen LogP contribution in [0, 0.1) is 0 Å². The van der Waals surface area contributed by atoms with E-state index in [0.29, 0.717) is 43.1 Å². The highest BCUT2D eigenvalue weighted by Gasteiger charge is 2.23. The maximum atomic E-state index is 12.2. The molecular weight excluding hydrogens is 396 g/mol. The Morgan fingerprint density at radius 1 is 1.06 bits per heavy atom. The zero-order valence-electron chi connectivity index (χ0n) is 18.6. The first-order valence-electron chi connectivity index (χ1n) is 10.4. The van der Waals surface area contributed by atoms with Crippen LogP contribution in [0.1, 0.15) is 52.1 Å². The smallest absolute Gasteiger partial charge is 0.328 e. The van der Waals surface area contributed by atoms with E-state index in [1.165, 1.54) is 0 Å². The molecule has 1 atom stereocenters. The lowest BCUT2D eigenvalue weighted by Crippen LogP contribution is -2.31. The number of carbonyl (C=O) groups is 2. The minimum absolute atomic E-state index is 0.196. The van der Waals surface area contributed by atoms with E-state index in [-0.39, 0.29) is 5.97 Å². The topological polar surface area (TPSA) is 99.9 Å². The summed E-state index contributed by atoms with van der Waals surface area (Å²) in [5.41, 5.74) is 6.90. The monoisotopic (exact) mass is 428 g/mol. The third kappa shape index (κ3) is 8.30. The molecule has 0 heterocycles. The van der Waals surface area contributed by atoms with Gasteiger partial charge in [-0.3, -0.25) is 4.79 Å². The summed E-state index contributed by atoms with van der Waals surface area (Å²) < 4.78 is 16.3. The van der Waals surface area contributed by atoms with Gasteiger partial charge in [-0.1, -0.05) is 24.3 Å². The number of esters is 2. The number of benzene rings is 2. The predicted molar refractivity (Wildman–Crippen MR) is 120 cm³/mol. The molecule has 3 N–H and O–H groups in total. The summed E-state index contributed by atoms with van der Waals surface area (Å²) in [6, 6.07) is 13.7. The van der Waals surface area contributed by atoms with Crippen molar-refractivity contribution in [1.29, 1.82) is 0 Å². The third-order valence-corrected chi connectivity index (χ3v) is 4.19. The number of anilines is 1.